The first-order valence-electron chi connectivity index (χ1n) is 5.27. The van der Waals surface area contributed by atoms with Gasteiger partial charge in [-0.15, -0.1) is 11.8 Å². The van der Waals surface area contributed by atoms with Crippen molar-refractivity contribution in [2.24, 2.45) is 0 Å². The number of methoxy groups -OCH3 is 1. The monoisotopic (exact) mass is 288 g/mol. The number of ether oxygens (including phenoxy) is 1. The van der Waals surface area contributed by atoms with Gasteiger partial charge in [-0.3, -0.25) is 4.79 Å². The average Bonchev–Trinajstić information content (AvgIpc) is 2.36. The molecular formula is C12H13ClO4S. The number of thioether (sulfide) groups is 1. The summed E-state index contributed by atoms with van der Waals surface area (Å²) in [6, 6.07) is 4.66. The molecule has 0 saturated carbocycles. The zero-order valence-corrected chi connectivity index (χ0v) is 11.5. The summed E-state index contributed by atoms with van der Waals surface area (Å²) >= 11 is 7.03. The second kappa shape index (κ2) is 6.66. The van der Waals surface area contributed by atoms with Crippen molar-refractivity contribution in [2.45, 2.75) is 23.5 Å². The maximum absolute atomic E-state index is 11.4. The molecule has 4 nitrogen and oxygen atoms in total. The first-order chi connectivity index (χ1) is 8.49. The zero-order valence-electron chi connectivity index (χ0n) is 9.97. The number of hydrogen-bond donors (Lipinski definition) is 1. The Kier molecular flexibility index (Phi) is 5.50. The highest BCUT2D eigenvalue weighted by molar-refractivity contribution is 8.00. The highest BCUT2D eigenvalue weighted by Crippen LogP contribution is 2.29. The first-order valence-corrected chi connectivity index (χ1v) is 6.52. The van der Waals surface area contributed by atoms with Crippen molar-refractivity contribution in [3.05, 3.63) is 28.8 Å². The molecule has 0 radical (unpaired) electrons. The van der Waals surface area contributed by atoms with Crippen LogP contribution in [0, 0.1) is 0 Å². The summed E-state index contributed by atoms with van der Waals surface area (Å²) in [5, 5.41) is 8.78. The molecular weight excluding hydrogens is 276 g/mol. The van der Waals surface area contributed by atoms with Gasteiger partial charge in [0.2, 0.25) is 0 Å². The summed E-state index contributed by atoms with van der Waals surface area (Å²) in [6.07, 6.45) is 0.600. The van der Waals surface area contributed by atoms with Gasteiger partial charge in [0.25, 0.3) is 0 Å². The molecule has 18 heavy (non-hydrogen) atoms. The van der Waals surface area contributed by atoms with Gasteiger partial charge >= 0.3 is 11.9 Å². The third-order valence-electron chi connectivity index (χ3n) is 2.28. The zero-order chi connectivity index (χ0) is 13.7. The average molecular weight is 289 g/mol. The predicted octanol–water partition coefficient (Wildman–Crippen LogP) is 3.08. The molecule has 1 atom stereocenters. The van der Waals surface area contributed by atoms with Crippen LogP contribution in [0.4, 0.5) is 0 Å². The van der Waals surface area contributed by atoms with Crippen molar-refractivity contribution in [3.8, 4) is 0 Å². The van der Waals surface area contributed by atoms with Gasteiger partial charge in [0.15, 0.2) is 0 Å². The minimum atomic E-state index is -1.09. The molecule has 1 N–H and O–H groups in total. The Morgan fingerprint density at radius 1 is 1.50 bits per heavy atom. The van der Waals surface area contributed by atoms with E-state index < -0.39 is 5.97 Å². The van der Waals surface area contributed by atoms with Crippen LogP contribution in [0.25, 0.3) is 0 Å². The quantitative estimate of drug-likeness (QED) is 0.666. The van der Waals surface area contributed by atoms with Gasteiger partial charge in [0, 0.05) is 4.90 Å². The van der Waals surface area contributed by atoms with Crippen LogP contribution in [0.2, 0.25) is 5.02 Å². The topological polar surface area (TPSA) is 63.6 Å². The third kappa shape index (κ3) is 3.65. The molecule has 0 bridgehead atoms. The minimum Gasteiger partial charge on any atom is -0.478 e. The lowest BCUT2D eigenvalue weighted by atomic mass is 10.2. The molecule has 1 unspecified atom stereocenters. The van der Waals surface area contributed by atoms with Gasteiger partial charge in [-0.2, -0.15) is 0 Å². The number of carboxylic acid groups (broad SMARTS) is 1. The summed E-state index contributed by atoms with van der Waals surface area (Å²) in [6.45, 7) is 1.86. The Balaban J connectivity index is 2.94. The smallest absolute Gasteiger partial charge is 0.337 e. The summed E-state index contributed by atoms with van der Waals surface area (Å²) < 4.78 is 4.67. The van der Waals surface area contributed by atoms with E-state index in [9.17, 15) is 9.59 Å². The van der Waals surface area contributed by atoms with Crippen molar-refractivity contribution in [2.75, 3.05) is 7.11 Å². The standard InChI is InChI=1S/C12H13ClO4S/c1-3-10(12(16)17-2)18-7-4-5-9(13)8(6-7)11(14)15/h4-6,10H,3H2,1-2H3,(H,14,15). The van der Waals surface area contributed by atoms with Crippen molar-refractivity contribution in [3.63, 3.8) is 0 Å². The number of aromatic carboxylic acids is 1. The van der Waals surface area contributed by atoms with Gasteiger partial charge in [0.05, 0.1) is 17.7 Å². The summed E-state index contributed by atoms with van der Waals surface area (Å²) in [5.74, 6) is -1.41. The molecule has 0 heterocycles. The van der Waals surface area contributed by atoms with Crippen molar-refractivity contribution in [1.82, 2.24) is 0 Å². The second-order valence-electron chi connectivity index (χ2n) is 3.48. The Bertz CT molecular complexity index is 461. The van der Waals surface area contributed by atoms with Crippen molar-refractivity contribution < 1.29 is 19.4 Å². The minimum absolute atomic E-state index is 0.0291. The number of carbonyl (C=O) groups is 2. The molecule has 1 aromatic carbocycles. The largest absolute Gasteiger partial charge is 0.478 e. The highest BCUT2D eigenvalue weighted by atomic mass is 35.5. The molecule has 1 rings (SSSR count). The lowest BCUT2D eigenvalue weighted by Crippen LogP contribution is -2.17. The van der Waals surface area contributed by atoms with Gasteiger partial charge in [-0.25, -0.2) is 4.79 Å². The number of hydrogen-bond acceptors (Lipinski definition) is 4. The number of benzene rings is 1. The SMILES string of the molecule is CCC(Sc1ccc(Cl)c(C(=O)O)c1)C(=O)OC. The molecule has 98 valence electrons. The van der Waals surface area contributed by atoms with E-state index in [0.717, 1.165) is 0 Å². The van der Waals surface area contributed by atoms with E-state index in [2.05, 4.69) is 4.74 Å². The molecule has 0 aliphatic carbocycles. The fourth-order valence-corrected chi connectivity index (χ4v) is 2.55. The van der Waals surface area contributed by atoms with Crippen LogP contribution >= 0.6 is 23.4 Å². The maximum Gasteiger partial charge on any atom is 0.337 e. The highest BCUT2D eigenvalue weighted by Gasteiger charge is 2.19. The van der Waals surface area contributed by atoms with Crippen LogP contribution < -0.4 is 0 Å². The van der Waals surface area contributed by atoms with Crippen LogP contribution in [0.3, 0.4) is 0 Å². The molecule has 0 spiro atoms. The van der Waals surface area contributed by atoms with Crippen LogP contribution in [-0.2, 0) is 9.53 Å². The predicted molar refractivity (Wildman–Crippen MR) is 70.4 cm³/mol. The van der Waals surface area contributed by atoms with Gasteiger partial charge in [0.1, 0.15) is 5.25 Å². The number of carbonyl (C=O) groups excluding carboxylic acids is 1. The normalized spacial score (nSPS) is 11.9. The van der Waals surface area contributed by atoms with Crippen LogP contribution in [-0.4, -0.2) is 29.4 Å². The molecule has 0 amide bonds. The number of rotatable bonds is 5. The summed E-state index contributed by atoms with van der Waals surface area (Å²) in [7, 11) is 1.33. The Labute approximate surface area is 114 Å². The van der Waals surface area contributed by atoms with Crippen molar-refractivity contribution in [1.29, 1.82) is 0 Å². The number of esters is 1. The Hall–Kier alpha value is -1.20. The molecule has 0 aliphatic rings. The Morgan fingerprint density at radius 2 is 2.17 bits per heavy atom. The molecule has 0 aromatic heterocycles. The van der Waals surface area contributed by atoms with E-state index in [-0.39, 0.29) is 21.8 Å². The summed E-state index contributed by atoms with van der Waals surface area (Å²) in [5.41, 5.74) is 0.0291. The van der Waals surface area contributed by atoms with E-state index in [1.165, 1.54) is 31.0 Å². The van der Waals surface area contributed by atoms with Crippen LogP contribution in [0.5, 0.6) is 0 Å². The van der Waals surface area contributed by atoms with E-state index in [0.29, 0.717) is 11.3 Å². The number of halogens is 1. The van der Waals surface area contributed by atoms with Crippen LogP contribution in [0.1, 0.15) is 23.7 Å². The van der Waals surface area contributed by atoms with Gasteiger partial charge in [-0.05, 0) is 24.6 Å². The third-order valence-corrected chi connectivity index (χ3v) is 3.95. The van der Waals surface area contributed by atoms with Gasteiger partial charge < -0.3 is 9.84 Å². The lowest BCUT2D eigenvalue weighted by molar-refractivity contribution is -0.140. The fraction of sp³-hybridized carbons (Fsp3) is 0.333. The van der Waals surface area contributed by atoms with E-state index in [1.807, 2.05) is 6.92 Å². The molecule has 0 fully saturated rings. The molecule has 0 aliphatic heterocycles. The maximum atomic E-state index is 11.4. The first kappa shape index (κ1) is 14.9. The van der Waals surface area contributed by atoms with Crippen molar-refractivity contribution >= 4 is 35.3 Å². The lowest BCUT2D eigenvalue weighted by Gasteiger charge is -2.12. The Morgan fingerprint density at radius 3 is 2.67 bits per heavy atom. The molecule has 0 saturated heterocycles. The molecule has 1 aromatic rings. The van der Waals surface area contributed by atoms with E-state index in [1.54, 1.807) is 6.07 Å². The van der Waals surface area contributed by atoms with E-state index >= 15 is 0 Å². The van der Waals surface area contributed by atoms with Crippen LogP contribution in [0.15, 0.2) is 23.1 Å². The molecule has 6 heteroatoms. The van der Waals surface area contributed by atoms with E-state index in [4.69, 9.17) is 16.7 Å². The number of carboxylic acids is 1. The fourth-order valence-electron chi connectivity index (χ4n) is 1.34. The second-order valence-corrected chi connectivity index (χ2v) is 5.17. The van der Waals surface area contributed by atoms with Gasteiger partial charge in [-0.1, -0.05) is 18.5 Å². The summed E-state index contributed by atoms with van der Waals surface area (Å²) in [4.78, 5) is 23.1.